The van der Waals surface area contributed by atoms with Gasteiger partial charge in [-0.2, -0.15) is 0 Å². The summed E-state index contributed by atoms with van der Waals surface area (Å²) in [4.78, 5) is 29.0. The Bertz CT molecular complexity index is 819. The molecule has 1 aliphatic rings. The summed E-state index contributed by atoms with van der Waals surface area (Å²) in [5.74, 6) is 0.433. The van der Waals surface area contributed by atoms with E-state index in [2.05, 4.69) is 17.6 Å². The fraction of sp³-hybridized carbons (Fsp3) is 0.450. The summed E-state index contributed by atoms with van der Waals surface area (Å²) in [6.45, 7) is 4.96. The van der Waals surface area contributed by atoms with Crippen molar-refractivity contribution in [3.8, 4) is 0 Å². The number of carbonyl (C=O) groups excluding carboxylic acids is 2. The molecule has 0 saturated carbocycles. The van der Waals surface area contributed by atoms with E-state index in [1.807, 2.05) is 24.3 Å². The number of carbonyl (C=O) groups is 2. The van der Waals surface area contributed by atoms with Crippen LogP contribution in [0.25, 0.3) is 10.9 Å². The second-order valence-corrected chi connectivity index (χ2v) is 6.68. The van der Waals surface area contributed by atoms with E-state index < -0.39 is 6.09 Å². The molecule has 1 atom stereocenters. The van der Waals surface area contributed by atoms with Gasteiger partial charge in [-0.1, -0.05) is 25.1 Å². The third-order valence-electron chi connectivity index (χ3n) is 4.69. The van der Waals surface area contributed by atoms with Crippen LogP contribution < -0.4 is 10.6 Å². The first-order valence-corrected chi connectivity index (χ1v) is 9.19. The van der Waals surface area contributed by atoms with Crippen molar-refractivity contribution >= 4 is 22.9 Å². The number of pyridine rings is 1. The minimum absolute atomic E-state index is 0.111. The van der Waals surface area contributed by atoms with E-state index in [-0.39, 0.29) is 5.91 Å². The van der Waals surface area contributed by atoms with Crippen LogP contribution in [0.3, 0.4) is 0 Å². The van der Waals surface area contributed by atoms with E-state index in [9.17, 15) is 9.59 Å². The Labute approximate surface area is 153 Å². The van der Waals surface area contributed by atoms with Crippen molar-refractivity contribution in [3.05, 3.63) is 41.1 Å². The fourth-order valence-electron chi connectivity index (χ4n) is 3.43. The van der Waals surface area contributed by atoms with Crippen LogP contribution in [-0.4, -0.2) is 36.7 Å². The lowest BCUT2D eigenvalue weighted by molar-refractivity contribution is 0.0952. The van der Waals surface area contributed by atoms with Crippen LogP contribution in [0.5, 0.6) is 0 Å². The molecule has 6 nitrogen and oxygen atoms in total. The topological polar surface area (TPSA) is 80.3 Å². The van der Waals surface area contributed by atoms with Gasteiger partial charge in [-0.15, -0.1) is 0 Å². The van der Waals surface area contributed by atoms with Gasteiger partial charge in [0.05, 0.1) is 17.7 Å². The van der Waals surface area contributed by atoms with Gasteiger partial charge in [0.15, 0.2) is 0 Å². The van der Waals surface area contributed by atoms with Gasteiger partial charge in [-0.3, -0.25) is 9.78 Å². The predicted molar refractivity (Wildman–Crippen MR) is 100 cm³/mol. The van der Waals surface area contributed by atoms with Crippen LogP contribution in [-0.2, 0) is 17.6 Å². The fourth-order valence-corrected chi connectivity index (χ4v) is 3.43. The average Bonchev–Trinajstić information content (AvgIpc) is 2.63. The molecule has 1 aliphatic carbocycles. The average molecular weight is 355 g/mol. The molecule has 0 saturated heterocycles. The monoisotopic (exact) mass is 355 g/mol. The lowest BCUT2D eigenvalue weighted by atomic mass is 9.84. The first-order chi connectivity index (χ1) is 12.6. The van der Waals surface area contributed by atoms with Crippen molar-refractivity contribution in [1.29, 1.82) is 0 Å². The Morgan fingerprint density at radius 1 is 1.23 bits per heavy atom. The van der Waals surface area contributed by atoms with Crippen molar-refractivity contribution in [3.63, 3.8) is 0 Å². The van der Waals surface area contributed by atoms with Crippen molar-refractivity contribution in [2.45, 2.75) is 33.1 Å². The summed E-state index contributed by atoms with van der Waals surface area (Å²) in [5.41, 5.74) is 3.69. The molecule has 0 spiro atoms. The third kappa shape index (κ3) is 3.95. The summed E-state index contributed by atoms with van der Waals surface area (Å²) in [6.07, 6.45) is 2.41. The summed E-state index contributed by atoms with van der Waals surface area (Å²) < 4.78 is 4.81. The summed E-state index contributed by atoms with van der Waals surface area (Å²) in [5, 5.41) is 6.41. The van der Waals surface area contributed by atoms with Gasteiger partial charge in [0.1, 0.15) is 0 Å². The van der Waals surface area contributed by atoms with E-state index in [0.29, 0.717) is 25.6 Å². The highest BCUT2D eigenvalue weighted by Gasteiger charge is 2.25. The second kappa shape index (κ2) is 8.17. The summed E-state index contributed by atoms with van der Waals surface area (Å²) in [7, 11) is 0. The Morgan fingerprint density at radius 3 is 2.81 bits per heavy atom. The van der Waals surface area contributed by atoms with Gasteiger partial charge in [0, 0.05) is 24.2 Å². The van der Waals surface area contributed by atoms with Gasteiger partial charge >= 0.3 is 6.09 Å². The number of ether oxygens (including phenoxy) is 1. The Hall–Kier alpha value is -2.63. The van der Waals surface area contributed by atoms with Gasteiger partial charge in [0.25, 0.3) is 5.91 Å². The van der Waals surface area contributed by atoms with Gasteiger partial charge in [-0.05, 0) is 43.7 Å². The van der Waals surface area contributed by atoms with E-state index >= 15 is 0 Å². The van der Waals surface area contributed by atoms with E-state index in [1.54, 1.807) is 6.92 Å². The molecule has 2 N–H and O–H groups in total. The first kappa shape index (κ1) is 18.2. The summed E-state index contributed by atoms with van der Waals surface area (Å²) in [6, 6.07) is 7.78. The Balaban J connectivity index is 1.80. The highest BCUT2D eigenvalue weighted by atomic mass is 16.5. The highest BCUT2D eigenvalue weighted by molar-refractivity contribution is 6.07. The molecule has 0 fully saturated rings. The Kier molecular flexibility index (Phi) is 5.71. The highest BCUT2D eigenvalue weighted by Crippen LogP contribution is 2.31. The summed E-state index contributed by atoms with van der Waals surface area (Å²) >= 11 is 0. The molecule has 3 rings (SSSR count). The molecule has 0 aliphatic heterocycles. The van der Waals surface area contributed by atoms with Gasteiger partial charge < -0.3 is 15.4 Å². The van der Waals surface area contributed by atoms with Gasteiger partial charge in [0.2, 0.25) is 0 Å². The molecule has 1 aromatic carbocycles. The predicted octanol–water partition coefficient (Wildman–Crippen LogP) is 2.84. The van der Waals surface area contributed by atoms with Gasteiger partial charge in [-0.25, -0.2) is 4.79 Å². The van der Waals surface area contributed by atoms with Crippen LogP contribution >= 0.6 is 0 Å². The molecule has 138 valence electrons. The number of aryl methyl sites for hydroxylation is 1. The van der Waals surface area contributed by atoms with Crippen LogP contribution in [0.1, 0.15) is 41.9 Å². The number of nitrogens with one attached hydrogen (secondary N) is 2. The van der Waals surface area contributed by atoms with Crippen molar-refractivity contribution in [2.24, 2.45) is 5.92 Å². The van der Waals surface area contributed by atoms with Crippen LogP contribution in [0.2, 0.25) is 0 Å². The molecule has 26 heavy (non-hydrogen) atoms. The largest absolute Gasteiger partial charge is 0.450 e. The third-order valence-corrected chi connectivity index (χ3v) is 4.69. The molecule has 2 aromatic rings. The number of para-hydroxylation sites is 1. The second-order valence-electron chi connectivity index (χ2n) is 6.68. The van der Waals surface area contributed by atoms with E-state index in [0.717, 1.165) is 47.0 Å². The van der Waals surface area contributed by atoms with Crippen molar-refractivity contribution < 1.29 is 14.3 Å². The number of aromatic nitrogens is 1. The van der Waals surface area contributed by atoms with Crippen LogP contribution in [0, 0.1) is 5.92 Å². The first-order valence-electron chi connectivity index (χ1n) is 9.19. The van der Waals surface area contributed by atoms with Crippen LogP contribution in [0.15, 0.2) is 24.3 Å². The van der Waals surface area contributed by atoms with Crippen molar-refractivity contribution in [2.75, 3.05) is 19.7 Å². The molecule has 1 aromatic heterocycles. The maximum Gasteiger partial charge on any atom is 0.407 e. The van der Waals surface area contributed by atoms with Crippen LogP contribution in [0.4, 0.5) is 4.79 Å². The normalized spacial score (nSPS) is 16.0. The molecular formula is C20H25N3O3. The number of rotatable bonds is 5. The number of hydrogen-bond acceptors (Lipinski definition) is 4. The standard InChI is InChI=1S/C20H25N3O3/c1-3-26-20(25)22-11-10-21-19(24)18-14-6-4-5-7-16(14)23-17-9-8-13(2)12-15(17)18/h4-7,13H,3,8-12H2,1-2H3,(H,21,24)(H,22,25). The smallest absolute Gasteiger partial charge is 0.407 e. The number of nitrogens with zero attached hydrogens (tertiary/aromatic N) is 1. The molecular weight excluding hydrogens is 330 g/mol. The van der Waals surface area contributed by atoms with E-state index in [4.69, 9.17) is 9.72 Å². The minimum atomic E-state index is -0.470. The number of fused-ring (bicyclic) bond motifs is 2. The number of alkyl carbamates (subject to hydrolysis) is 1. The zero-order valence-electron chi connectivity index (χ0n) is 15.3. The molecule has 0 radical (unpaired) electrons. The number of amides is 2. The number of hydrogen-bond donors (Lipinski definition) is 2. The molecule has 2 amide bonds. The van der Waals surface area contributed by atoms with E-state index in [1.165, 1.54) is 0 Å². The Morgan fingerprint density at radius 2 is 2.00 bits per heavy atom. The quantitative estimate of drug-likeness (QED) is 0.808. The zero-order valence-corrected chi connectivity index (χ0v) is 15.3. The lowest BCUT2D eigenvalue weighted by Gasteiger charge is -2.24. The lowest BCUT2D eigenvalue weighted by Crippen LogP contribution is -2.35. The molecule has 1 heterocycles. The molecule has 0 bridgehead atoms. The molecule has 6 heteroatoms. The maximum atomic E-state index is 12.9. The SMILES string of the molecule is CCOC(=O)NCCNC(=O)c1c2c(nc3ccccc13)CCC(C)C2. The zero-order chi connectivity index (χ0) is 18.5. The maximum absolute atomic E-state index is 12.9. The number of benzene rings is 1. The molecule has 1 unspecified atom stereocenters. The van der Waals surface area contributed by atoms with Crippen molar-refractivity contribution in [1.82, 2.24) is 15.6 Å². The minimum Gasteiger partial charge on any atom is -0.450 e.